The van der Waals surface area contributed by atoms with Crippen molar-refractivity contribution in [1.29, 1.82) is 0 Å². The van der Waals surface area contributed by atoms with Gasteiger partial charge < -0.3 is 15.4 Å². The lowest BCUT2D eigenvalue weighted by atomic mass is 10.2. The number of nitrogens with one attached hydrogen (secondary N) is 2. The lowest BCUT2D eigenvalue weighted by Gasteiger charge is -2.13. The summed E-state index contributed by atoms with van der Waals surface area (Å²) >= 11 is 0. The van der Waals surface area contributed by atoms with Gasteiger partial charge in [0.2, 0.25) is 5.95 Å². The number of rotatable bonds is 5. The van der Waals surface area contributed by atoms with Crippen LogP contribution < -0.4 is 15.4 Å². The molecule has 0 aliphatic heterocycles. The van der Waals surface area contributed by atoms with Crippen LogP contribution in [-0.2, 0) is 0 Å². The van der Waals surface area contributed by atoms with Crippen LogP contribution in [-0.4, -0.2) is 29.0 Å². The van der Waals surface area contributed by atoms with Crippen LogP contribution in [0.2, 0.25) is 0 Å². The van der Waals surface area contributed by atoms with E-state index in [1.165, 1.54) is 12.8 Å². The predicted octanol–water partition coefficient (Wildman–Crippen LogP) is 3.21. The van der Waals surface area contributed by atoms with E-state index in [0.29, 0.717) is 17.4 Å². The molecule has 1 aromatic heterocycles. The molecule has 24 heavy (non-hydrogen) atoms. The Balaban J connectivity index is 1.75. The van der Waals surface area contributed by atoms with E-state index >= 15 is 0 Å². The summed E-state index contributed by atoms with van der Waals surface area (Å²) in [6.07, 6.45) is 6.02. The zero-order valence-electron chi connectivity index (χ0n) is 14.0. The second kappa shape index (κ2) is 7.29. The number of amides is 1. The summed E-state index contributed by atoms with van der Waals surface area (Å²) in [6.45, 7) is 2.00. The van der Waals surface area contributed by atoms with Crippen LogP contribution in [0.3, 0.4) is 0 Å². The van der Waals surface area contributed by atoms with Crippen molar-refractivity contribution >= 4 is 17.5 Å². The number of aromatic nitrogens is 2. The number of nitrogens with zero attached hydrogens (tertiary/aromatic N) is 2. The monoisotopic (exact) mass is 326 g/mol. The highest BCUT2D eigenvalue weighted by molar-refractivity contribution is 5.92. The molecule has 6 nitrogen and oxygen atoms in total. The first kappa shape index (κ1) is 16.2. The molecule has 0 spiro atoms. The van der Waals surface area contributed by atoms with Crippen molar-refractivity contribution in [2.45, 2.75) is 38.6 Å². The Morgan fingerprint density at radius 2 is 2.04 bits per heavy atom. The van der Waals surface area contributed by atoms with Crippen LogP contribution in [0.25, 0.3) is 0 Å². The summed E-state index contributed by atoms with van der Waals surface area (Å²) in [4.78, 5) is 20.9. The number of carbonyl (C=O) groups is 1. The van der Waals surface area contributed by atoms with Gasteiger partial charge >= 0.3 is 0 Å². The fourth-order valence-electron chi connectivity index (χ4n) is 2.91. The number of carbonyl (C=O) groups excluding carboxylic acids is 1. The highest BCUT2D eigenvalue weighted by Gasteiger charge is 2.19. The van der Waals surface area contributed by atoms with Gasteiger partial charge in [0.15, 0.2) is 0 Å². The lowest BCUT2D eigenvalue weighted by Crippen LogP contribution is -2.33. The van der Waals surface area contributed by atoms with Crippen LogP contribution in [0.5, 0.6) is 5.75 Å². The van der Waals surface area contributed by atoms with E-state index < -0.39 is 0 Å². The van der Waals surface area contributed by atoms with Gasteiger partial charge in [-0.2, -0.15) is 0 Å². The van der Waals surface area contributed by atoms with Crippen LogP contribution in [0.4, 0.5) is 11.6 Å². The number of hydrogen-bond donors (Lipinski definition) is 2. The maximum atomic E-state index is 12.3. The molecule has 2 aromatic rings. The molecule has 0 bridgehead atoms. The van der Waals surface area contributed by atoms with E-state index in [0.717, 1.165) is 24.1 Å². The normalized spacial score (nSPS) is 14.4. The first-order chi connectivity index (χ1) is 11.7. The minimum absolute atomic E-state index is 0.149. The van der Waals surface area contributed by atoms with Crippen molar-refractivity contribution in [1.82, 2.24) is 15.3 Å². The molecule has 0 unspecified atom stereocenters. The first-order valence-corrected chi connectivity index (χ1v) is 8.21. The molecule has 1 aromatic carbocycles. The summed E-state index contributed by atoms with van der Waals surface area (Å²) in [5.41, 5.74) is 2.23. The first-order valence-electron chi connectivity index (χ1n) is 8.21. The second-order valence-corrected chi connectivity index (χ2v) is 6.05. The largest absolute Gasteiger partial charge is 0.495 e. The fraction of sp³-hybridized carbons (Fsp3) is 0.389. The average molecular weight is 326 g/mol. The van der Waals surface area contributed by atoms with E-state index in [2.05, 4.69) is 20.6 Å². The number of methoxy groups -OCH3 is 1. The lowest BCUT2D eigenvalue weighted by molar-refractivity contribution is 0.0933. The summed E-state index contributed by atoms with van der Waals surface area (Å²) in [5, 5.41) is 6.16. The van der Waals surface area contributed by atoms with Gasteiger partial charge in [-0.25, -0.2) is 9.97 Å². The summed E-state index contributed by atoms with van der Waals surface area (Å²) < 4.78 is 5.34. The van der Waals surface area contributed by atoms with E-state index in [-0.39, 0.29) is 11.9 Å². The highest BCUT2D eigenvalue weighted by Crippen LogP contribution is 2.27. The minimum atomic E-state index is -0.149. The molecule has 1 saturated carbocycles. The van der Waals surface area contributed by atoms with Gasteiger partial charge in [0, 0.05) is 12.2 Å². The Morgan fingerprint density at radius 1 is 1.25 bits per heavy atom. The molecule has 1 heterocycles. The van der Waals surface area contributed by atoms with Gasteiger partial charge in [0.25, 0.3) is 5.91 Å². The maximum Gasteiger partial charge on any atom is 0.270 e. The van der Waals surface area contributed by atoms with Crippen molar-refractivity contribution in [3.05, 3.63) is 41.7 Å². The predicted molar refractivity (Wildman–Crippen MR) is 92.8 cm³/mol. The molecule has 1 amide bonds. The second-order valence-electron chi connectivity index (χ2n) is 6.05. The van der Waals surface area contributed by atoms with E-state index in [1.54, 1.807) is 19.4 Å². The van der Waals surface area contributed by atoms with Gasteiger partial charge in [-0.1, -0.05) is 18.9 Å². The molecule has 2 N–H and O–H groups in total. The Kier molecular flexibility index (Phi) is 4.93. The van der Waals surface area contributed by atoms with Crippen molar-refractivity contribution in [2.75, 3.05) is 12.4 Å². The highest BCUT2D eigenvalue weighted by atomic mass is 16.5. The van der Waals surface area contributed by atoms with E-state index in [1.807, 2.05) is 25.1 Å². The third-order valence-electron chi connectivity index (χ3n) is 4.18. The third-order valence-corrected chi connectivity index (χ3v) is 4.18. The maximum absolute atomic E-state index is 12.3. The Hall–Kier alpha value is -2.63. The number of ether oxygens (including phenoxy) is 1. The molecule has 1 aliphatic rings. The Morgan fingerprint density at radius 3 is 2.79 bits per heavy atom. The molecule has 6 heteroatoms. The third kappa shape index (κ3) is 3.82. The molecule has 0 saturated heterocycles. The van der Waals surface area contributed by atoms with Gasteiger partial charge in [-0.05, 0) is 43.5 Å². The molecule has 3 rings (SSSR count). The summed E-state index contributed by atoms with van der Waals surface area (Å²) in [5.74, 6) is 0.923. The molecule has 0 atom stereocenters. The minimum Gasteiger partial charge on any atom is -0.495 e. The molecular weight excluding hydrogens is 304 g/mol. The van der Waals surface area contributed by atoms with E-state index in [4.69, 9.17) is 4.74 Å². The smallest absolute Gasteiger partial charge is 0.270 e. The van der Waals surface area contributed by atoms with Crippen LogP contribution in [0.1, 0.15) is 41.7 Å². The van der Waals surface area contributed by atoms with Gasteiger partial charge in [0.05, 0.1) is 12.8 Å². The van der Waals surface area contributed by atoms with Crippen molar-refractivity contribution < 1.29 is 9.53 Å². The molecule has 126 valence electrons. The van der Waals surface area contributed by atoms with Crippen molar-refractivity contribution in [3.63, 3.8) is 0 Å². The fourth-order valence-corrected chi connectivity index (χ4v) is 2.91. The molecule has 1 fully saturated rings. The summed E-state index contributed by atoms with van der Waals surface area (Å²) in [7, 11) is 1.61. The van der Waals surface area contributed by atoms with E-state index in [9.17, 15) is 4.79 Å². The molecule has 0 radical (unpaired) electrons. The van der Waals surface area contributed by atoms with Crippen LogP contribution in [0.15, 0.2) is 30.5 Å². The van der Waals surface area contributed by atoms with Crippen molar-refractivity contribution in [3.8, 4) is 5.75 Å². The number of hydrogen-bond acceptors (Lipinski definition) is 5. The SMILES string of the molecule is COc1ccc(C)cc1Nc1nccc(C(=O)NC2CCCC2)n1. The standard InChI is InChI=1S/C18H22N4O2/c1-12-7-8-16(24-2)15(11-12)22-18-19-10-9-14(21-18)17(23)20-13-5-3-4-6-13/h7-11,13H,3-6H2,1-2H3,(H,20,23)(H,19,21,22). The average Bonchev–Trinajstić information content (AvgIpc) is 3.08. The Labute approximate surface area is 141 Å². The number of benzene rings is 1. The van der Waals surface area contributed by atoms with Crippen LogP contribution in [0, 0.1) is 6.92 Å². The Bertz CT molecular complexity index is 727. The van der Waals surface area contributed by atoms with Crippen LogP contribution >= 0.6 is 0 Å². The quantitative estimate of drug-likeness (QED) is 0.882. The summed E-state index contributed by atoms with van der Waals surface area (Å²) in [6, 6.07) is 7.70. The van der Waals surface area contributed by atoms with Gasteiger partial charge in [0.1, 0.15) is 11.4 Å². The van der Waals surface area contributed by atoms with Gasteiger partial charge in [-0.3, -0.25) is 4.79 Å². The molecule has 1 aliphatic carbocycles. The number of aryl methyl sites for hydroxylation is 1. The molecular formula is C18H22N4O2. The number of anilines is 2. The topological polar surface area (TPSA) is 76.1 Å². The van der Waals surface area contributed by atoms with Gasteiger partial charge in [-0.15, -0.1) is 0 Å². The zero-order valence-corrected chi connectivity index (χ0v) is 14.0. The van der Waals surface area contributed by atoms with Crippen molar-refractivity contribution in [2.24, 2.45) is 0 Å². The zero-order chi connectivity index (χ0) is 16.9.